The Morgan fingerprint density at radius 2 is 1.86 bits per heavy atom. The van der Waals surface area contributed by atoms with E-state index in [2.05, 4.69) is 45.3 Å². The quantitative estimate of drug-likeness (QED) is 0.636. The van der Waals surface area contributed by atoms with Crippen LogP contribution in [0.1, 0.15) is 76.1 Å². The van der Waals surface area contributed by atoms with Crippen LogP contribution in [0.5, 0.6) is 0 Å². The second kappa shape index (κ2) is 9.65. The Kier molecular flexibility index (Phi) is 6.70. The lowest BCUT2D eigenvalue weighted by Crippen LogP contribution is -2.47. The van der Waals surface area contributed by atoms with Gasteiger partial charge in [0.05, 0.1) is 5.56 Å². The van der Waals surface area contributed by atoms with E-state index in [4.69, 9.17) is 0 Å². The second-order valence-electron chi connectivity index (χ2n) is 11.3. The van der Waals surface area contributed by atoms with Crippen molar-refractivity contribution in [2.45, 2.75) is 82.3 Å². The molecule has 36 heavy (non-hydrogen) atoms. The van der Waals surface area contributed by atoms with Gasteiger partial charge in [0.2, 0.25) is 0 Å². The molecule has 3 unspecified atom stereocenters. The van der Waals surface area contributed by atoms with E-state index < -0.39 is 15.9 Å². The number of aromatic nitrogens is 2. The number of pyridine rings is 2. The van der Waals surface area contributed by atoms with Gasteiger partial charge in [-0.2, -0.15) is 8.42 Å². The lowest BCUT2D eigenvalue weighted by Gasteiger charge is -2.44. The van der Waals surface area contributed by atoms with Gasteiger partial charge in [0.1, 0.15) is 11.6 Å². The van der Waals surface area contributed by atoms with Crippen LogP contribution in [-0.4, -0.2) is 49.0 Å². The van der Waals surface area contributed by atoms with E-state index in [1.54, 1.807) is 24.4 Å². The van der Waals surface area contributed by atoms with Gasteiger partial charge in [-0.15, -0.1) is 0 Å². The summed E-state index contributed by atoms with van der Waals surface area (Å²) in [5.41, 5.74) is 0.0729. The standard InChI is InChI=1S/C27H37N5O3S/c1-19-17-27(2,3)32(18-19)25-21(11-7-15-28-25)26(33)30-36(34,35)24-14-6-13-23(29-24)31-16-8-10-20-9-4-5-12-22(20)31/h6-7,11,13-15,19-20,22H,4-5,8-10,12,16-18H2,1-3H3,(H,30,33). The lowest BCUT2D eigenvalue weighted by molar-refractivity contribution is 0.0981. The van der Waals surface area contributed by atoms with E-state index in [0.717, 1.165) is 32.4 Å². The van der Waals surface area contributed by atoms with Crippen LogP contribution in [0.25, 0.3) is 0 Å². The van der Waals surface area contributed by atoms with Gasteiger partial charge in [0.25, 0.3) is 15.9 Å². The molecule has 2 aromatic rings. The van der Waals surface area contributed by atoms with Crippen molar-refractivity contribution < 1.29 is 13.2 Å². The largest absolute Gasteiger partial charge is 0.353 e. The normalized spacial score (nSPS) is 25.9. The SMILES string of the molecule is CC1CN(c2ncccc2C(=O)NS(=O)(=O)c2cccc(N3CCCC4CCCCC43)n2)C(C)(C)C1. The smallest absolute Gasteiger partial charge is 0.281 e. The highest BCUT2D eigenvalue weighted by molar-refractivity contribution is 7.90. The molecule has 0 aromatic carbocycles. The molecule has 0 spiro atoms. The fourth-order valence-corrected chi connectivity index (χ4v) is 7.53. The molecule has 0 bridgehead atoms. The van der Waals surface area contributed by atoms with Gasteiger partial charge >= 0.3 is 0 Å². The third-order valence-electron chi connectivity index (χ3n) is 8.11. The average Bonchev–Trinajstić information content (AvgIpc) is 3.15. The van der Waals surface area contributed by atoms with Gasteiger partial charge in [-0.05, 0) is 82.1 Å². The van der Waals surface area contributed by atoms with Gasteiger partial charge in [-0.3, -0.25) is 4.79 Å². The summed E-state index contributed by atoms with van der Waals surface area (Å²) in [6.45, 7) is 8.06. The summed E-state index contributed by atoms with van der Waals surface area (Å²) >= 11 is 0. The molecular weight excluding hydrogens is 474 g/mol. The summed E-state index contributed by atoms with van der Waals surface area (Å²) in [6.07, 6.45) is 9.75. The molecule has 0 radical (unpaired) electrons. The summed E-state index contributed by atoms with van der Waals surface area (Å²) < 4.78 is 28.9. The summed E-state index contributed by atoms with van der Waals surface area (Å²) in [4.78, 5) is 26.7. The molecule has 194 valence electrons. The first-order valence-corrected chi connectivity index (χ1v) is 14.7. The second-order valence-corrected chi connectivity index (χ2v) is 13.0. The number of carbonyl (C=O) groups excluding carboxylic acids is 1. The Bertz CT molecular complexity index is 1230. The number of nitrogens with zero attached hydrogens (tertiary/aromatic N) is 4. The minimum absolute atomic E-state index is 0.133. The predicted molar refractivity (Wildman–Crippen MR) is 141 cm³/mol. The number of sulfonamides is 1. The van der Waals surface area contributed by atoms with Crippen molar-refractivity contribution in [2.75, 3.05) is 22.9 Å². The number of carbonyl (C=O) groups is 1. The Labute approximate surface area is 214 Å². The maximum absolute atomic E-state index is 13.3. The van der Waals surface area contributed by atoms with Crippen LogP contribution in [0, 0.1) is 11.8 Å². The molecule has 3 atom stereocenters. The fourth-order valence-electron chi connectivity index (χ4n) is 6.60. The molecule has 3 aliphatic rings. The summed E-state index contributed by atoms with van der Waals surface area (Å²) in [7, 11) is -4.16. The van der Waals surface area contributed by atoms with E-state index in [-0.39, 0.29) is 16.1 Å². The molecule has 2 aliphatic heterocycles. The molecule has 4 heterocycles. The van der Waals surface area contributed by atoms with E-state index in [1.807, 2.05) is 6.07 Å². The topological polar surface area (TPSA) is 95.5 Å². The molecule has 1 amide bonds. The molecule has 3 fully saturated rings. The Morgan fingerprint density at radius 3 is 2.64 bits per heavy atom. The van der Waals surface area contributed by atoms with Crippen molar-refractivity contribution in [3.8, 4) is 0 Å². The van der Waals surface area contributed by atoms with Crippen molar-refractivity contribution >= 4 is 27.6 Å². The zero-order valence-electron chi connectivity index (χ0n) is 21.5. The Morgan fingerprint density at radius 1 is 1.08 bits per heavy atom. The van der Waals surface area contributed by atoms with Crippen LogP contribution < -0.4 is 14.5 Å². The summed E-state index contributed by atoms with van der Waals surface area (Å²) in [5, 5.41) is -0.133. The molecule has 5 rings (SSSR count). The van der Waals surface area contributed by atoms with Gasteiger partial charge in [0.15, 0.2) is 5.03 Å². The Balaban J connectivity index is 1.39. The first kappa shape index (κ1) is 25.0. The number of anilines is 2. The van der Waals surface area contributed by atoms with Crippen LogP contribution in [0.4, 0.5) is 11.6 Å². The third-order valence-corrected chi connectivity index (χ3v) is 9.34. The lowest BCUT2D eigenvalue weighted by atomic mass is 9.78. The minimum Gasteiger partial charge on any atom is -0.353 e. The number of amides is 1. The molecule has 1 aliphatic carbocycles. The molecule has 8 nitrogen and oxygen atoms in total. The number of rotatable bonds is 5. The molecule has 2 aromatic heterocycles. The molecule has 9 heteroatoms. The number of hydrogen-bond donors (Lipinski definition) is 1. The third kappa shape index (κ3) is 4.82. The van der Waals surface area contributed by atoms with Crippen molar-refractivity contribution in [1.82, 2.24) is 14.7 Å². The predicted octanol–water partition coefficient (Wildman–Crippen LogP) is 4.38. The van der Waals surface area contributed by atoms with E-state index >= 15 is 0 Å². The maximum atomic E-state index is 13.3. The minimum atomic E-state index is -4.16. The van der Waals surface area contributed by atoms with Crippen LogP contribution in [0.3, 0.4) is 0 Å². The summed E-state index contributed by atoms with van der Waals surface area (Å²) in [6, 6.07) is 8.76. The van der Waals surface area contributed by atoms with Gasteiger partial charge in [-0.25, -0.2) is 14.7 Å². The van der Waals surface area contributed by atoms with Crippen LogP contribution in [0.15, 0.2) is 41.6 Å². The van der Waals surface area contributed by atoms with Crippen molar-refractivity contribution in [3.05, 3.63) is 42.1 Å². The number of fused-ring (bicyclic) bond motifs is 1. The Hall–Kier alpha value is -2.68. The maximum Gasteiger partial charge on any atom is 0.281 e. The average molecular weight is 512 g/mol. The highest BCUT2D eigenvalue weighted by atomic mass is 32.2. The number of hydrogen-bond acceptors (Lipinski definition) is 7. The van der Waals surface area contributed by atoms with Crippen molar-refractivity contribution in [3.63, 3.8) is 0 Å². The van der Waals surface area contributed by atoms with Crippen molar-refractivity contribution in [1.29, 1.82) is 0 Å². The van der Waals surface area contributed by atoms with Gasteiger partial charge in [-0.1, -0.05) is 25.8 Å². The molecular formula is C27H37N5O3S. The first-order valence-electron chi connectivity index (χ1n) is 13.2. The van der Waals surface area contributed by atoms with Crippen LogP contribution >= 0.6 is 0 Å². The monoisotopic (exact) mass is 511 g/mol. The van der Waals surface area contributed by atoms with E-state index in [1.165, 1.54) is 31.7 Å². The fraction of sp³-hybridized carbons (Fsp3) is 0.593. The van der Waals surface area contributed by atoms with Crippen LogP contribution in [0.2, 0.25) is 0 Å². The first-order chi connectivity index (χ1) is 17.2. The number of piperidine rings is 1. The molecule has 2 saturated heterocycles. The highest BCUT2D eigenvalue weighted by Gasteiger charge is 2.39. The van der Waals surface area contributed by atoms with Gasteiger partial charge in [0, 0.05) is 30.9 Å². The molecule has 1 N–H and O–H groups in total. The van der Waals surface area contributed by atoms with Gasteiger partial charge < -0.3 is 9.80 Å². The zero-order valence-corrected chi connectivity index (χ0v) is 22.3. The van der Waals surface area contributed by atoms with E-state index in [0.29, 0.717) is 29.5 Å². The van der Waals surface area contributed by atoms with E-state index in [9.17, 15) is 13.2 Å². The highest BCUT2D eigenvalue weighted by Crippen LogP contribution is 2.38. The van der Waals surface area contributed by atoms with Crippen LogP contribution in [-0.2, 0) is 10.0 Å². The molecule has 1 saturated carbocycles. The van der Waals surface area contributed by atoms with Crippen molar-refractivity contribution in [2.24, 2.45) is 11.8 Å². The number of nitrogens with one attached hydrogen (secondary N) is 1. The summed E-state index contributed by atoms with van der Waals surface area (Å²) in [5.74, 6) is 1.60. The zero-order chi connectivity index (χ0) is 25.5.